The van der Waals surface area contributed by atoms with Gasteiger partial charge in [0.1, 0.15) is 5.75 Å². The van der Waals surface area contributed by atoms with E-state index in [-0.39, 0.29) is 22.1 Å². The van der Waals surface area contributed by atoms with E-state index >= 15 is 0 Å². The standard InChI is InChI=1S/C13H16ClNO2/c1-13(5-2-6-13)8-15-12(17)9-3-4-11(16)10(14)7-9/h3-4,7,16H,2,5-6,8H2,1H3,(H,15,17). The van der Waals surface area contributed by atoms with Crippen LogP contribution in [0.5, 0.6) is 5.75 Å². The maximum absolute atomic E-state index is 11.8. The Kier molecular flexibility index (Phi) is 3.29. The van der Waals surface area contributed by atoms with Crippen LogP contribution in [0.3, 0.4) is 0 Å². The van der Waals surface area contributed by atoms with Crippen molar-refractivity contribution in [3.63, 3.8) is 0 Å². The lowest BCUT2D eigenvalue weighted by Gasteiger charge is -2.38. The molecule has 1 saturated carbocycles. The van der Waals surface area contributed by atoms with Gasteiger partial charge in [-0.05, 0) is 36.5 Å². The first-order chi connectivity index (χ1) is 8.00. The van der Waals surface area contributed by atoms with Gasteiger partial charge in [-0.3, -0.25) is 4.79 Å². The monoisotopic (exact) mass is 253 g/mol. The lowest BCUT2D eigenvalue weighted by Crippen LogP contribution is -2.39. The second-order valence-corrected chi connectivity index (χ2v) is 5.42. The third-order valence-corrected chi connectivity index (χ3v) is 3.75. The first-order valence-corrected chi connectivity index (χ1v) is 6.15. The highest BCUT2D eigenvalue weighted by Crippen LogP contribution is 2.39. The third kappa shape index (κ3) is 2.72. The summed E-state index contributed by atoms with van der Waals surface area (Å²) in [7, 11) is 0. The van der Waals surface area contributed by atoms with Crippen LogP contribution in [0, 0.1) is 5.41 Å². The molecule has 1 amide bonds. The smallest absolute Gasteiger partial charge is 0.251 e. The Labute approximate surface area is 106 Å². The maximum atomic E-state index is 11.8. The van der Waals surface area contributed by atoms with E-state index in [2.05, 4.69) is 12.2 Å². The van der Waals surface area contributed by atoms with Crippen molar-refractivity contribution >= 4 is 17.5 Å². The van der Waals surface area contributed by atoms with Crippen molar-refractivity contribution in [3.05, 3.63) is 28.8 Å². The molecule has 2 rings (SSSR count). The lowest BCUT2D eigenvalue weighted by atomic mass is 9.70. The topological polar surface area (TPSA) is 49.3 Å². The minimum Gasteiger partial charge on any atom is -0.506 e. The number of aromatic hydroxyl groups is 1. The molecule has 4 heteroatoms. The average Bonchev–Trinajstić information content (AvgIpc) is 2.27. The van der Waals surface area contributed by atoms with Gasteiger partial charge in [0.25, 0.3) is 5.91 Å². The summed E-state index contributed by atoms with van der Waals surface area (Å²) >= 11 is 5.76. The fourth-order valence-electron chi connectivity index (χ4n) is 2.00. The molecule has 1 fully saturated rings. The van der Waals surface area contributed by atoms with Gasteiger partial charge in [-0.1, -0.05) is 24.9 Å². The van der Waals surface area contributed by atoms with Crippen molar-refractivity contribution in [1.29, 1.82) is 0 Å². The first-order valence-electron chi connectivity index (χ1n) is 5.77. The van der Waals surface area contributed by atoms with Crippen LogP contribution in [0.25, 0.3) is 0 Å². The summed E-state index contributed by atoms with van der Waals surface area (Å²) in [5.41, 5.74) is 0.742. The van der Waals surface area contributed by atoms with Crippen molar-refractivity contribution in [2.24, 2.45) is 5.41 Å². The Morgan fingerprint density at radius 1 is 1.53 bits per heavy atom. The molecule has 0 spiro atoms. The van der Waals surface area contributed by atoms with Crippen LogP contribution < -0.4 is 5.32 Å². The minimum atomic E-state index is -0.139. The number of nitrogens with one attached hydrogen (secondary N) is 1. The van der Waals surface area contributed by atoms with Crippen LogP contribution in [0.4, 0.5) is 0 Å². The second kappa shape index (κ2) is 4.57. The zero-order valence-electron chi connectivity index (χ0n) is 9.79. The predicted molar refractivity (Wildman–Crippen MR) is 67.4 cm³/mol. The molecule has 0 saturated heterocycles. The summed E-state index contributed by atoms with van der Waals surface area (Å²) in [4.78, 5) is 11.8. The van der Waals surface area contributed by atoms with E-state index in [0.717, 1.165) is 0 Å². The number of benzene rings is 1. The number of carbonyl (C=O) groups is 1. The van der Waals surface area contributed by atoms with Crippen LogP contribution in [0.1, 0.15) is 36.5 Å². The van der Waals surface area contributed by atoms with Crippen molar-refractivity contribution in [2.75, 3.05) is 6.54 Å². The lowest BCUT2D eigenvalue weighted by molar-refractivity contribution is 0.0891. The fraction of sp³-hybridized carbons (Fsp3) is 0.462. The number of carbonyl (C=O) groups excluding carboxylic acids is 1. The number of rotatable bonds is 3. The van der Waals surface area contributed by atoms with Gasteiger partial charge in [0.05, 0.1) is 5.02 Å². The maximum Gasteiger partial charge on any atom is 0.251 e. The van der Waals surface area contributed by atoms with E-state index in [4.69, 9.17) is 11.6 Å². The van der Waals surface area contributed by atoms with Gasteiger partial charge < -0.3 is 10.4 Å². The Bertz CT molecular complexity index is 441. The molecule has 0 unspecified atom stereocenters. The number of phenolic OH excluding ortho intramolecular Hbond substituents is 1. The summed E-state index contributed by atoms with van der Waals surface area (Å²) in [5, 5.41) is 12.4. The molecule has 0 heterocycles. The average molecular weight is 254 g/mol. The number of phenols is 1. The van der Waals surface area contributed by atoms with Gasteiger partial charge in [-0.25, -0.2) is 0 Å². The van der Waals surface area contributed by atoms with E-state index in [1.165, 1.54) is 31.4 Å². The Balaban J connectivity index is 1.97. The van der Waals surface area contributed by atoms with E-state index < -0.39 is 0 Å². The largest absolute Gasteiger partial charge is 0.506 e. The van der Waals surface area contributed by atoms with Crippen molar-refractivity contribution < 1.29 is 9.90 Å². The first kappa shape index (κ1) is 12.2. The van der Waals surface area contributed by atoms with Gasteiger partial charge in [-0.15, -0.1) is 0 Å². The summed E-state index contributed by atoms with van der Waals surface area (Å²) in [6, 6.07) is 4.48. The molecule has 3 nitrogen and oxygen atoms in total. The minimum absolute atomic E-state index is 0.00540. The summed E-state index contributed by atoms with van der Waals surface area (Å²) in [6.07, 6.45) is 3.59. The summed E-state index contributed by atoms with van der Waals surface area (Å²) in [5.74, 6) is -0.144. The van der Waals surface area contributed by atoms with E-state index in [9.17, 15) is 9.90 Å². The molecule has 2 N–H and O–H groups in total. The number of amides is 1. The van der Waals surface area contributed by atoms with Crippen LogP contribution in [-0.4, -0.2) is 17.6 Å². The number of hydrogen-bond acceptors (Lipinski definition) is 2. The van der Waals surface area contributed by atoms with Crippen molar-refractivity contribution in [3.8, 4) is 5.75 Å². The van der Waals surface area contributed by atoms with Crippen LogP contribution in [-0.2, 0) is 0 Å². The molecule has 92 valence electrons. The summed E-state index contributed by atoms with van der Waals surface area (Å²) < 4.78 is 0. The van der Waals surface area contributed by atoms with Crippen molar-refractivity contribution in [1.82, 2.24) is 5.32 Å². The molecule has 0 atom stereocenters. The van der Waals surface area contributed by atoms with Crippen LogP contribution in [0.2, 0.25) is 5.02 Å². The highest BCUT2D eigenvalue weighted by atomic mass is 35.5. The third-order valence-electron chi connectivity index (χ3n) is 3.45. The molecule has 1 aliphatic rings. The Hall–Kier alpha value is -1.22. The Morgan fingerprint density at radius 3 is 2.76 bits per heavy atom. The molecule has 0 bridgehead atoms. The second-order valence-electron chi connectivity index (χ2n) is 5.01. The zero-order valence-corrected chi connectivity index (χ0v) is 10.5. The molecule has 1 aromatic carbocycles. The number of halogens is 1. The van der Waals surface area contributed by atoms with Crippen molar-refractivity contribution in [2.45, 2.75) is 26.2 Å². The van der Waals surface area contributed by atoms with E-state index in [0.29, 0.717) is 12.1 Å². The van der Waals surface area contributed by atoms with Crippen LogP contribution >= 0.6 is 11.6 Å². The van der Waals surface area contributed by atoms with E-state index in [1.54, 1.807) is 6.07 Å². The molecule has 17 heavy (non-hydrogen) atoms. The SMILES string of the molecule is CC1(CNC(=O)c2ccc(O)c(Cl)c2)CCC1. The zero-order chi connectivity index (χ0) is 12.5. The summed E-state index contributed by atoms with van der Waals surface area (Å²) in [6.45, 7) is 2.88. The number of hydrogen-bond donors (Lipinski definition) is 2. The molecule has 0 radical (unpaired) electrons. The van der Waals surface area contributed by atoms with Gasteiger partial charge in [-0.2, -0.15) is 0 Å². The normalized spacial score (nSPS) is 17.3. The molecular weight excluding hydrogens is 238 g/mol. The molecule has 0 aliphatic heterocycles. The Morgan fingerprint density at radius 2 is 2.24 bits per heavy atom. The predicted octanol–water partition coefficient (Wildman–Crippen LogP) is 2.97. The van der Waals surface area contributed by atoms with Gasteiger partial charge >= 0.3 is 0 Å². The highest BCUT2D eigenvalue weighted by Gasteiger charge is 2.31. The van der Waals surface area contributed by atoms with E-state index in [1.807, 2.05) is 0 Å². The molecule has 1 aliphatic carbocycles. The van der Waals surface area contributed by atoms with Gasteiger partial charge in [0.2, 0.25) is 0 Å². The fourth-order valence-corrected chi connectivity index (χ4v) is 2.18. The molecule has 1 aromatic rings. The molecular formula is C13H16ClNO2. The molecule has 0 aromatic heterocycles. The van der Waals surface area contributed by atoms with Crippen LogP contribution in [0.15, 0.2) is 18.2 Å². The van der Waals surface area contributed by atoms with Gasteiger partial charge in [0, 0.05) is 12.1 Å². The van der Waals surface area contributed by atoms with Gasteiger partial charge in [0.15, 0.2) is 0 Å². The highest BCUT2D eigenvalue weighted by molar-refractivity contribution is 6.32. The quantitative estimate of drug-likeness (QED) is 0.870.